The second-order valence-electron chi connectivity index (χ2n) is 5.45. The number of nitrogens with zero attached hydrogens (tertiary/aromatic N) is 2. The van der Waals surface area contributed by atoms with E-state index >= 15 is 0 Å². The maximum Gasteiger partial charge on any atom is 0.183 e. The van der Waals surface area contributed by atoms with Crippen LogP contribution in [0.3, 0.4) is 0 Å². The monoisotopic (exact) mass is 307 g/mol. The topological polar surface area (TPSA) is 37.8 Å². The van der Waals surface area contributed by atoms with E-state index in [1.807, 2.05) is 11.3 Å². The van der Waals surface area contributed by atoms with Crippen molar-refractivity contribution < 1.29 is 0 Å². The average Bonchev–Trinajstić information content (AvgIpc) is 3.05. The Morgan fingerprint density at radius 2 is 2.15 bits per heavy atom. The molecule has 1 aliphatic rings. The van der Waals surface area contributed by atoms with Crippen LogP contribution in [0.25, 0.3) is 10.6 Å². The Morgan fingerprint density at radius 1 is 1.35 bits per heavy atom. The molecule has 1 atom stereocenters. The summed E-state index contributed by atoms with van der Waals surface area (Å²) in [5.74, 6) is 0.732. The summed E-state index contributed by atoms with van der Waals surface area (Å²) in [6.07, 6.45) is 4.73. The van der Waals surface area contributed by atoms with Crippen LogP contribution in [0.15, 0.2) is 5.38 Å². The normalized spacial score (nSPS) is 16.4. The number of aromatic nitrogens is 2. The van der Waals surface area contributed by atoms with Gasteiger partial charge in [-0.15, -0.1) is 22.7 Å². The molecule has 1 aliphatic carbocycles. The van der Waals surface area contributed by atoms with Crippen LogP contribution in [0.2, 0.25) is 0 Å². The van der Waals surface area contributed by atoms with E-state index in [9.17, 15) is 0 Å². The van der Waals surface area contributed by atoms with E-state index in [1.54, 1.807) is 11.3 Å². The average molecular weight is 307 g/mol. The van der Waals surface area contributed by atoms with Crippen LogP contribution in [-0.4, -0.2) is 16.0 Å². The Morgan fingerprint density at radius 3 is 2.80 bits per heavy atom. The van der Waals surface area contributed by atoms with Gasteiger partial charge in [0.2, 0.25) is 0 Å². The van der Waals surface area contributed by atoms with E-state index in [0.29, 0.717) is 6.04 Å². The molecule has 2 aromatic heterocycles. The minimum absolute atomic E-state index is 0.475. The molecule has 0 aromatic carbocycles. The lowest BCUT2D eigenvalue weighted by molar-refractivity contribution is 0.763. The molecule has 108 valence electrons. The number of nitrogens with one attached hydrogen (secondary N) is 1. The summed E-state index contributed by atoms with van der Waals surface area (Å²) in [5.41, 5.74) is 2.32. The maximum atomic E-state index is 4.82. The first-order valence-corrected chi connectivity index (χ1v) is 9.12. The van der Waals surface area contributed by atoms with Crippen molar-refractivity contribution in [3.8, 4) is 10.6 Å². The first-order chi connectivity index (χ1) is 9.71. The molecule has 0 radical (unpaired) electrons. The molecule has 20 heavy (non-hydrogen) atoms. The van der Waals surface area contributed by atoms with Crippen molar-refractivity contribution in [2.75, 3.05) is 5.32 Å². The molecule has 2 aromatic rings. The molecule has 0 spiro atoms. The highest BCUT2D eigenvalue weighted by atomic mass is 32.1. The molecule has 0 aliphatic heterocycles. The van der Waals surface area contributed by atoms with Crippen molar-refractivity contribution in [1.82, 2.24) is 9.97 Å². The van der Waals surface area contributed by atoms with Gasteiger partial charge in [0, 0.05) is 17.3 Å². The van der Waals surface area contributed by atoms with E-state index in [2.05, 4.69) is 31.5 Å². The highest BCUT2D eigenvalue weighted by Gasteiger charge is 2.28. The fourth-order valence-electron chi connectivity index (χ4n) is 2.07. The van der Waals surface area contributed by atoms with Gasteiger partial charge in [0.1, 0.15) is 0 Å². The molecule has 1 N–H and O–H groups in total. The molecule has 3 rings (SSSR count). The van der Waals surface area contributed by atoms with Gasteiger partial charge in [-0.1, -0.05) is 13.8 Å². The van der Waals surface area contributed by atoms with Gasteiger partial charge in [0.25, 0.3) is 0 Å². The summed E-state index contributed by atoms with van der Waals surface area (Å²) < 4.78 is 0. The summed E-state index contributed by atoms with van der Waals surface area (Å²) >= 11 is 3.55. The summed E-state index contributed by atoms with van der Waals surface area (Å²) in [6, 6.07) is 0.475. The SMILES string of the molecule is CCc1nc(C2CC2)sc1-c1csc(NC(C)CC)n1. The second kappa shape index (κ2) is 5.82. The predicted octanol–water partition coefficient (Wildman–Crippen LogP) is 4.92. The molecule has 5 heteroatoms. The van der Waals surface area contributed by atoms with Gasteiger partial charge in [0.05, 0.1) is 21.3 Å². The minimum atomic E-state index is 0.475. The van der Waals surface area contributed by atoms with Gasteiger partial charge in [-0.2, -0.15) is 0 Å². The minimum Gasteiger partial charge on any atom is -0.359 e. The van der Waals surface area contributed by atoms with E-state index < -0.39 is 0 Å². The van der Waals surface area contributed by atoms with Gasteiger partial charge in [-0.3, -0.25) is 0 Å². The van der Waals surface area contributed by atoms with Crippen molar-refractivity contribution in [1.29, 1.82) is 0 Å². The number of hydrogen-bond donors (Lipinski definition) is 1. The van der Waals surface area contributed by atoms with Gasteiger partial charge >= 0.3 is 0 Å². The van der Waals surface area contributed by atoms with Crippen molar-refractivity contribution >= 4 is 27.8 Å². The standard InChI is InChI=1S/C15H21N3S2/c1-4-9(3)16-15-18-12(8-19-15)13-11(5-2)17-14(20-13)10-6-7-10/h8-10H,4-7H2,1-3H3,(H,16,18). The zero-order valence-corrected chi connectivity index (χ0v) is 13.9. The van der Waals surface area contributed by atoms with Crippen LogP contribution in [0.1, 0.15) is 56.7 Å². The van der Waals surface area contributed by atoms with Crippen LogP contribution in [-0.2, 0) is 6.42 Å². The van der Waals surface area contributed by atoms with Gasteiger partial charge in [-0.25, -0.2) is 9.97 Å². The van der Waals surface area contributed by atoms with Crippen LogP contribution in [0.4, 0.5) is 5.13 Å². The fourth-order valence-corrected chi connectivity index (χ4v) is 4.24. The zero-order chi connectivity index (χ0) is 14.1. The van der Waals surface area contributed by atoms with Gasteiger partial charge in [0.15, 0.2) is 5.13 Å². The maximum absolute atomic E-state index is 4.82. The number of hydrogen-bond acceptors (Lipinski definition) is 5. The highest BCUT2D eigenvalue weighted by molar-refractivity contribution is 7.17. The van der Waals surface area contributed by atoms with E-state index in [0.717, 1.165) is 29.6 Å². The number of anilines is 1. The summed E-state index contributed by atoms with van der Waals surface area (Å²) in [4.78, 5) is 10.8. The molecule has 3 nitrogen and oxygen atoms in total. The van der Waals surface area contributed by atoms with E-state index in [4.69, 9.17) is 9.97 Å². The second-order valence-corrected chi connectivity index (χ2v) is 7.34. The smallest absolute Gasteiger partial charge is 0.183 e. The summed E-state index contributed by atoms with van der Waals surface area (Å²) in [5, 5.41) is 7.96. The molecule has 1 saturated carbocycles. The summed E-state index contributed by atoms with van der Waals surface area (Å²) in [7, 11) is 0. The third kappa shape index (κ3) is 2.88. The molecule has 1 unspecified atom stereocenters. The molecule has 2 heterocycles. The first kappa shape index (κ1) is 14.0. The van der Waals surface area contributed by atoms with E-state index in [-0.39, 0.29) is 0 Å². The molecular formula is C15H21N3S2. The Balaban J connectivity index is 1.84. The van der Waals surface area contributed by atoms with Crippen LogP contribution in [0.5, 0.6) is 0 Å². The third-order valence-corrected chi connectivity index (χ3v) is 5.75. The Labute approximate surface area is 128 Å². The van der Waals surface area contributed by atoms with E-state index in [1.165, 1.54) is 28.4 Å². The third-order valence-electron chi connectivity index (χ3n) is 3.69. The number of rotatable bonds is 6. The number of aryl methyl sites for hydroxylation is 1. The van der Waals surface area contributed by atoms with Crippen molar-refractivity contribution in [3.63, 3.8) is 0 Å². The molecule has 0 amide bonds. The Hall–Kier alpha value is -0.940. The Kier molecular flexibility index (Phi) is 4.08. The van der Waals surface area contributed by atoms with Crippen molar-refractivity contribution in [2.24, 2.45) is 0 Å². The van der Waals surface area contributed by atoms with Crippen molar-refractivity contribution in [3.05, 3.63) is 16.1 Å². The van der Waals surface area contributed by atoms with Crippen molar-refractivity contribution in [2.45, 2.75) is 58.4 Å². The summed E-state index contributed by atoms with van der Waals surface area (Å²) in [6.45, 7) is 6.56. The lowest BCUT2D eigenvalue weighted by atomic mass is 10.2. The first-order valence-electron chi connectivity index (χ1n) is 7.43. The number of thiazole rings is 2. The zero-order valence-electron chi connectivity index (χ0n) is 12.3. The Bertz CT molecular complexity index is 584. The highest BCUT2D eigenvalue weighted by Crippen LogP contribution is 2.45. The molecule has 0 saturated heterocycles. The fraction of sp³-hybridized carbons (Fsp3) is 0.600. The van der Waals surface area contributed by atoms with Crippen LogP contribution < -0.4 is 5.32 Å². The van der Waals surface area contributed by atoms with Gasteiger partial charge in [-0.05, 0) is 32.6 Å². The lowest BCUT2D eigenvalue weighted by Gasteiger charge is -2.08. The largest absolute Gasteiger partial charge is 0.359 e. The van der Waals surface area contributed by atoms with Crippen LogP contribution >= 0.6 is 22.7 Å². The van der Waals surface area contributed by atoms with Gasteiger partial charge < -0.3 is 5.32 Å². The molecule has 1 fully saturated rings. The van der Waals surface area contributed by atoms with Crippen LogP contribution in [0, 0.1) is 0 Å². The predicted molar refractivity (Wildman–Crippen MR) is 88.0 cm³/mol. The lowest BCUT2D eigenvalue weighted by Crippen LogP contribution is -2.12. The molecular weight excluding hydrogens is 286 g/mol. The molecule has 0 bridgehead atoms. The quantitative estimate of drug-likeness (QED) is 0.823.